The van der Waals surface area contributed by atoms with Gasteiger partial charge in [0.15, 0.2) is 5.37 Å². The average molecular weight is 438 g/mol. The Morgan fingerprint density at radius 3 is 2.34 bits per heavy atom. The molecular formula is C22H35N3O2S2. The van der Waals surface area contributed by atoms with Gasteiger partial charge in [-0.2, -0.15) is 11.8 Å². The number of allylic oxidation sites excluding steroid dienone is 5. The fraction of sp³-hybridized carbons (Fsp3) is 0.500. The van der Waals surface area contributed by atoms with Crippen molar-refractivity contribution in [3.63, 3.8) is 0 Å². The molecule has 0 aliphatic carbocycles. The van der Waals surface area contributed by atoms with Crippen LogP contribution in [0.2, 0.25) is 0 Å². The van der Waals surface area contributed by atoms with Crippen LogP contribution in [0.15, 0.2) is 59.3 Å². The highest BCUT2D eigenvalue weighted by atomic mass is 32.2. The van der Waals surface area contributed by atoms with Crippen molar-refractivity contribution in [3.8, 4) is 0 Å². The van der Waals surface area contributed by atoms with Gasteiger partial charge in [0.1, 0.15) is 5.82 Å². The summed E-state index contributed by atoms with van der Waals surface area (Å²) in [6.45, 7) is 8.57. The van der Waals surface area contributed by atoms with E-state index in [-0.39, 0.29) is 0 Å². The molecule has 0 bridgehead atoms. The third-order valence-corrected chi connectivity index (χ3v) is 6.57. The van der Waals surface area contributed by atoms with Gasteiger partial charge < -0.3 is 5.32 Å². The number of nitrogens with two attached hydrogens (primary N) is 1. The second kappa shape index (κ2) is 13.6. The highest BCUT2D eigenvalue weighted by Crippen LogP contribution is 2.15. The number of pyridine rings is 1. The van der Waals surface area contributed by atoms with E-state index in [1.807, 2.05) is 0 Å². The molecule has 1 heterocycles. The fourth-order valence-corrected chi connectivity index (χ4v) is 4.72. The summed E-state index contributed by atoms with van der Waals surface area (Å²) in [4.78, 5) is 4.10. The van der Waals surface area contributed by atoms with Gasteiger partial charge in [-0.3, -0.25) is 0 Å². The van der Waals surface area contributed by atoms with Gasteiger partial charge >= 0.3 is 0 Å². The van der Waals surface area contributed by atoms with Crippen LogP contribution in [0, 0.1) is 0 Å². The van der Waals surface area contributed by atoms with Gasteiger partial charge in [0, 0.05) is 17.7 Å². The molecule has 29 heavy (non-hydrogen) atoms. The van der Waals surface area contributed by atoms with E-state index in [9.17, 15) is 8.42 Å². The highest BCUT2D eigenvalue weighted by molar-refractivity contribution is 8.00. The standard InChI is InChI=1S/C22H35N3O2S2/c1-18(2)9-7-10-19(3)11-8-12-20(4)14-16-28-17-22(29(23,26)27)25-21-13-5-6-15-24-21/h5-6,9,11,13-15,22H,7-8,10,12,16-17H2,1-4H3,(H,24,25)(H2,23,26,27). The molecule has 0 radical (unpaired) electrons. The van der Waals surface area contributed by atoms with Gasteiger partial charge in [-0.05, 0) is 65.5 Å². The number of nitrogens with zero attached hydrogens (tertiary/aromatic N) is 1. The largest absolute Gasteiger partial charge is 0.352 e. The second-order valence-electron chi connectivity index (χ2n) is 7.43. The summed E-state index contributed by atoms with van der Waals surface area (Å²) in [6, 6.07) is 5.30. The molecule has 1 rings (SSSR count). The summed E-state index contributed by atoms with van der Waals surface area (Å²) in [5, 5.41) is 7.40. The molecule has 0 aliphatic heterocycles. The van der Waals surface area contributed by atoms with Crippen LogP contribution in [0.3, 0.4) is 0 Å². The first-order valence-electron chi connectivity index (χ1n) is 9.90. The Morgan fingerprint density at radius 1 is 1.10 bits per heavy atom. The lowest BCUT2D eigenvalue weighted by Crippen LogP contribution is -2.37. The molecule has 1 unspecified atom stereocenters. The lowest BCUT2D eigenvalue weighted by Gasteiger charge is -2.16. The molecule has 7 heteroatoms. The minimum atomic E-state index is -3.71. The van der Waals surface area contributed by atoms with E-state index < -0.39 is 15.4 Å². The summed E-state index contributed by atoms with van der Waals surface area (Å²) < 4.78 is 23.7. The van der Waals surface area contributed by atoms with Crippen LogP contribution in [0.1, 0.15) is 53.4 Å². The Hall–Kier alpha value is -1.57. The van der Waals surface area contributed by atoms with E-state index in [0.717, 1.165) is 31.4 Å². The SMILES string of the molecule is CC(C)=CCCC(C)=CCCC(C)=CCSCC(Nc1ccccn1)S(N)(=O)=O. The van der Waals surface area contributed by atoms with Crippen LogP contribution in [0.25, 0.3) is 0 Å². The molecule has 1 aromatic rings. The van der Waals surface area contributed by atoms with Crippen LogP contribution in [0.5, 0.6) is 0 Å². The predicted molar refractivity (Wildman–Crippen MR) is 127 cm³/mol. The number of primary sulfonamides is 1. The summed E-state index contributed by atoms with van der Waals surface area (Å²) in [7, 11) is -3.71. The topological polar surface area (TPSA) is 85.1 Å². The van der Waals surface area contributed by atoms with Crippen molar-refractivity contribution < 1.29 is 8.42 Å². The van der Waals surface area contributed by atoms with Crippen LogP contribution in [0.4, 0.5) is 5.82 Å². The van der Waals surface area contributed by atoms with E-state index in [1.54, 1.807) is 36.2 Å². The summed E-state index contributed by atoms with van der Waals surface area (Å²) >= 11 is 1.54. The summed E-state index contributed by atoms with van der Waals surface area (Å²) in [5.74, 6) is 1.62. The Kier molecular flexibility index (Phi) is 12.0. The Morgan fingerprint density at radius 2 is 1.76 bits per heavy atom. The molecule has 0 aromatic carbocycles. The maximum absolute atomic E-state index is 11.8. The van der Waals surface area contributed by atoms with Crippen molar-refractivity contribution in [1.82, 2.24) is 4.98 Å². The zero-order chi connectivity index (χ0) is 21.7. The second-order valence-corrected chi connectivity index (χ2v) is 10.3. The van der Waals surface area contributed by atoms with E-state index >= 15 is 0 Å². The number of rotatable bonds is 13. The number of hydrogen-bond acceptors (Lipinski definition) is 5. The van der Waals surface area contributed by atoms with Crippen LogP contribution < -0.4 is 10.5 Å². The van der Waals surface area contributed by atoms with Crippen LogP contribution >= 0.6 is 11.8 Å². The number of anilines is 1. The molecule has 0 saturated heterocycles. The number of thioether (sulfide) groups is 1. The van der Waals surface area contributed by atoms with Crippen LogP contribution in [-0.4, -0.2) is 30.3 Å². The molecule has 162 valence electrons. The Bertz CT molecular complexity index is 797. The Labute approximate surface area is 181 Å². The predicted octanol–water partition coefficient (Wildman–Crippen LogP) is 5.26. The zero-order valence-electron chi connectivity index (χ0n) is 18.0. The van der Waals surface area contributed by atoms with E-state index in [0.29, 0.717) is 11.6 Å². The van der Waals surface area contributed by atoms with Crippen molar-refractivity contribution in [2.75, 3.05) is 16.8 Å². The van der Waals surface area contributed by atoms with E-state index in [1.165, 1.54) is 16.7 Å². The fourth-order valence-electron chi connectivity index (χ4n) is 2.55. The maximum atomic E-state index is 11.8. The first-order valence-corrected chi connectivity index (χ1v) is 12.7. The van der Waals surface area contributed by atoms with Gasteiger partial charge in [-0.25, -0.2) is 18.5 Å². The molecule has 0 saturated carbocycles. The van der Waals surface area contributed by atoms with Crippen molar-refractivity contribution in [2.45, 2.75) is 58.8 Å². The van der Waals surface area contributed by atoms with Gasteiger partial charge in [0.25, 0.3) is 0 Å². The number of nitrogens with one attached hydrogen (secondary N) is 1. The quantitative estimate of drug-likeness (QED) is 0.325. The van der Waals surface area contributed by atoms with E-state index in [4.69, 9.17) is 5.14 Å². The van der Waals surface area contributed by atoms with Crippen molar-refractivity contribution >= 4 is 27.6 Å². The van der Waals surface area contributed by atoms with Gasteiger partial charge in [0.2, 0.25) is 10.0 Å². The average Bonchev–Trinajstić information content (AvgIpc) is 2.64. The van der Waals surface area contributed by atoms with Gasteiger partial charge in [-0.1, -0.05) is 41.0 Å². The third kappa shape index (κ3) is 12.6. The zero-order valence-corrected chi connectivity index (χ0v) is 19.7. The summed E-state index contributed by atoms with van der Waals surface area (Å²) in [6.07, 6.45) is 12.6. The number of aromatic nitrogens is 1. The van der Waals surface area contributed by atoms with Crippen LogP contribution in [-0.2, 0) is 10.0 Å². The van der Waals surface area contributed by atoms with Gasteiger partial charge in [-0.15, -0.1) is 0 Å². The van der Waals surface area contributed by atoms with Crippen molar-refractivity contribution in [1.29, 1.82) is 0 Å². The molecule has 1 atom stereocenters. The number of sulfonamides is 1. The molecular weight excluding hydrogens is 402 g/mol. The van der Waals surface area contributed by atoms with E-state index in [2.05, 4.69) is 56.2 Å². The minimum Gasteiger partial charge on any atom is -0.352 e. The smallest absolute Gasteiger partial charge is 0.231 e. The summed E-state index contributed by atoms with van der Waals surface area (Å²) in [5.41, 5.74) is 4.12. The lowest BCUT2D eigenvalue weighted by molar-refractivity contribution is 0.590. The monoisotopic (exact) mass is 437 g/mol. The lowest BCUT2D eigenvalue weighted by atomic mass is 10.1. The molecule has 1 aromatic heterocycles. The molecule has 0 fully saturated rings. The molecule has 0 amide bonds. The molecule has 0 aliphatic rings. The minimum absolute atomic E-state index is 0.364. The Balaban J connectivity index is 2.39. The third-order valence-electron chi connectivity index (χ3n) is 4.31. The first-order chi connectivity index (χ1) is 13.7. The maximum Gasteiger partial charge on any atom is 0.231 e. The normalized spacial score (nSPS) is 13.8. The highest BCUT2D eigenvalue weighted by Gasteiger charge is 2.21. The number of hydrogen-bond donors (Lipinski definition) is 2. The molecule has 5 nitrogen and oxygen atoms in total. The molecule has 0 spiro atoms. The van der Waals surface area contributed by atoms with Crippen molar-refractivity contribution in [3.05, 3.63) is 59.3 Å². The van der Waals surface area contributed by atoms with Gasteiger partial charge in [0.05, 0.1) is 0 Å². The molecule has 3 N–H and O–H groups in total. The van der Waals surface area contributed by atoms with Crippen molar-refractivity contribution in [2.24, 2.45) is 5.14 Å². The first kappa shape index (κ1) is 25.5.